The number of rotatable bonds is 11. The first kappa shape index (κ1) is 29.7. The number of carbonyl (C=O) groups is 2. The molecule has 0 aromatic heterocycles. The van der Waals surface area contributed by atoms with Crippen LogP contribution in [-0.4, -0.2) is 49.2 Å². The molecule has 0 heterocycles. The smallest absolute Gasteiger partial charge is 0.248 e. The van der Waals surface area contributed by atoms with E-state index < -0.39 is 28.7 Å². The standard InChI is InChI=1S/C27H33Cl2FN4O4S/c28-13-14-33(39(37)38)32-21-15-18(16-21)27(36)34(22-10-6-7-19(30)17-22)25(23-11-4-5-12-24(23)29)26(35)31-20-8-2-1-3-9-20/h4-7,10-12,17-18,20-21,25,32,39H,1-3,8-9,13-16H2,(H,31,35). The van der Waals surface area contributed by atoms with E-state index in [1.165, 1.54) is 23.1 Å². The van der Waals surface area contributed by atoms with Crippen molar-refractivity contribution in [2.75, 3.05) is 17.3 Å². The van der Waals surface area contributed by atoms with Crippen molar-refractivity contribution in [2.45, 2.75) is 63.1 Å². The highest BCUT2D eigenvalue weighted by molar-refractivity contribution is 7.69. The lowest BCUT2D eigenvalue weighted by Gasteiger charge is -2.41. The minimum atomic E-state index is -2.88. The second-order valence-corrected chi connectivity index (χ2v) is 11.7. The van der Waals surface area contributed by atoms with Crippen molar-refractivity contribution in [2.24, 2.45) is 5.92 Å². The number of nitrogens with one attached hydrogen (secondary N) is 2. The first-order chi connectivity index (χ1) is 18.8. The van der Waals surface area contributed by atoms with Crippen LogP contribution in [0.25, 0.3) is 0 Å². The third kappa shape index (κ3) is 7.49. The Bertz CT molecular complexity index is 1230. The minimum absolute atomic E-state index is 0.0139. The number of hydrazine groups is 1. The van der Waals surface area contributed by atoms with Crippen molar-refractivity contribution < 1.29 is 22.4 Å². The van der Waals surface area contributed by atoms with Crippen LogP contribution in [0.15, 0.2) is 48.5 Å². The maximum Gasteiger partial charge on any atom is 0.248 e. The maximum absolute atomic E-state index is 14.4. The number of alkyl halides is 1. The SMILES string of the molecule is O=C(NC1CCCCC1)C(c1ccccc1Cl)N(C(=O)C1CC(NN(CCCl)[SH](=O)=O)C1)c1cccc(F)c1. The highest BCUT2D eigenvalue weighted by atomic mass is 35.5. The number of amides is 2. The molecule has 2 aromatic rings. The Morgan fingerprint density at radius 1 is 1.03 bits per heavy atom. The Balaban J connectivity index is 1.64. The second kappa shape index (κ2) is 13.9. The molecule has 0 spiro atoms. The van der Waals surface area contributed by atoms with E-state index in [0.717, 1.165) is 36.5 Å². The van der Waals surface area contributed by atoms with Crippen LogP contribution in [0.1, 0.15) is 56.6 Å². The quantitative estimate of drug-likeness (QED) is 0.203. The van der Waals surface area contributed by atoms with Crippen LogP contribution in [0.4, 0.5) is 10.1 Å². The molecule has 1 atom stereocenters. The third-order valence-corrected chi connectivity index (χ3v) is 8.52. The number of hydrogen-bond donors (Lipinski definition) is 3. The van der Waals surface area contributed by atoms with Gasteiger partial charge in [-0.1, -0.05) is 55.1 Å². The van der Waals surface area contributed by atoms with Crippen molar-refractivity contribution in [3.8, 4) is 0 Å². The lowest BCUT2D eigenvalue weighted by molar-refractivity contribution is -0.131. The van der Waals surface area contributed by atoms with E-state index in [4.69, 9.17) is 23.2 Å². The van der Waals surface area contributed by atoms with Crippen LogP contribution >= 0.6 is 23.2 Å². The summed E-state index contributed by atoms with van der Waals surface area (Å²) >= 11 is 12.3. The lowest BCUT2D eigenvalue weighted by Crippen LogP contribution is -2.55. The second-order valence-electron chi connectivity index (χ2n) is 10.00. The van der Waals surface area contributed by atoms with Gasteiger partial charge in [-0.3, -0.25) is 14.5 Å². The van der Waals surface area contributed by atoms with E-state index in [-0.39, 0.29) is 42.0 Å². The fourth-order valence-electron chi connectivity index (χ4n) is 5.26. The van der Waals surface area contributed by atoms with Crippen molar-refractivity contribution >= 4 is 51.6 Å². The lowest BCUT2D eigenvalue weighted by atomic mass is 9.79. The summed E-state index contributed by atoms with van der Waals surface area (Å²) in [7, 11) is -2.88. The summed E-state index contributed by atoms with van der Waals surface area (Å²) in [5.41, 5.74) is 3.58. The van der Waals surface area contributed by atoms with Gasteiger partial charge in [0.05, 0.1) is 0 Å². The molecule has 4 rings (SSSR count). The van der Waals surface area contributed by atoms with Crippen LogP contribution < -0.4 is 15.6 Å². The van der Waals surface area contributed by atoms with Crippen molar-refractivity contribution in [3.05, 3.63) is 64.9 Å². The molecule has 2 aliphatic rings. The van der Waals surface area contributed by atoms with E-state index >= 15 is 0 Å². The zero-order valence-electron chi connectivity index (χ0n) is 21.4. The Morgan fingerprint density at radius 3 is 2.38 bits per heavy atom. The summed E-state index contributed by atoms with van der Waals surface area (Å²) in [6, 6.07) is 11.0. The Hall–Kier alpha value is -2.24. The van der Waals surface area contributed by atoms with Crippen LogP contribution in [0, 0.1) is 11.7 Å². The predicted octanol–water partition coefficient (Wildman–Crippen LogP) is 4.35. The average molecular weight is 600 g/mol. The molecule has 0 radical (unpaired) electrons. The van der Waals surface area contributed by atoms with Crippen molar-refractivity contribution in [1.29, 1.82) is 0 Å². The number of hydrogen-bond acceptors (Lipinski definition) is 5. The van der Waals surface area contributed by atoms with Crippen LogP contribution in [0.2, 0.25) is 5.02 Å². The van der Waals surface area contributed by atoms with E-state index in [9.17, 15) is 22.4 Å². The van der Waals surface area contributed by atoms with Gasteiger partial charge in [-0.15, -0.1) is 16.0 Å². The number of nitrogens with zero attached hydrogens (tertiary/aromatic N) is 2. The number of thiol groups is 1. The molecule has 2 aromatic carbocycles. The number of halogens is 3. The van der Waals surface area contributed by atoms with Gasteiger partial charge in [0.15, 0.2) is 0 Å². The summed E-state index contributed by atoms with van der Waals surface area (Å²) in [5, 5.41) is 3.44. The first-order valence-electron chi connectivity index (χ1n) is 13.2. The summed E-state index contributed by atoms with van der Waals surface area (Å²) < 4.78 is 38.4. The normalized spacial score (nSPS) is 20.4. The van der Waals surface area contributed by atoms with Crippen LogP contribution in [-0.2, 0) is 20.5 Å². The molecule has 2 N–H and O–H groups in total. The fourth-order valence-corrected chi connectivity index (χ4v) is 6.30. The molecule has 2 fully saturated rings. The van der Waals surface area contributed by atoms with Gasteiger partial charge in [-0.05, 0) is 49.9 Å². The minimum Gasteiger partial charge on any atom is -0.351 e. The van der Waals surface area contributed by atoms with E-state index in [1.807, 2.05) is 0 Å². The van der Waals surface area contributed by atoms with Gasteiger partial charge in [-0.2, -0.15) is 0 Å². The highest BCUT2D eigenvalue weighted by Gasteiger charge is 2.43. The first-order valence-corrected chi connectivity index (χ1v) is 15.2. The molecule has 0 bridgehead atoms. The summed E-state index contributed by atoms with van der Waals surface area (Å²) in [5.74, 6) is -1.68. The Morgan fingerprint density at radius 2 is 1.74 bits per heavy atom. The molecule has 2 saturated carbocycles. The van der Waals surface area contributed by atoms with Gasteiger partial charge >= 0.3 is 0 Å². The molecule has 0 aliphatic heterocycles. The van der Waals surface area contributed by atoms with Crippen molar-refractivity contribution in [3.63, 3.8) is 0 Å². The molecule has 12 heteroatoms. The van der Waals surface area contributed by atoms with E-state index in [2.05, 4.69) is 10.7 Å². The zero-order chi connectivity index (χ0) is 27.9. The van der Waals surface area contributed by atoms with Gasteiger partial charge in [0.1, 0.15) is 11.9 Å². The Kier molecular flexibility index (Phi) is 10.6. The topological polar surface area (TPSA) is 98.8 Å². The molecular formula is C27H33Cl2FN4O4S. The van der Waals surface area contributed by atoms with Gasteiger partial charge < -0.3 is 5.32 Å². The molecule has 8 nitrogen and oxygen atoms in total. The Labute approximate surface area is 239 Å². The van der Waals surface area contributed by atoms with E-state index in [1.54, 1.807) is 30.3 Å². The van der Waals surface area contributed by atoms with Crippen molar-refractivity contribution in [1.82, 2.24) is 15.2 Å². The van der Waals surface area contributed by atoms with Crippen LogP contribution in [0.5, 0.6) is 0 Å². The molecule has 2 amide bonds. The predicted molar refractivity (Wildman–Crippen MR) is 150 cm³/mol. The zero-order valence-corrected chi connectivity index (χ0v) is 23.8. The molecule has 212 valence electrons. The maximum atomic E-state index is 14.4. The number of carbonyl (C=O) groups excluding carboxylic acids is 2. The van der Waals surface area contributed by atoms with Crippen LogP contribution in [0.3, 0.4) is 0 Å². The monoisotopic (exact) mass is 598 g/mol. The summed E-state index contributed by atoms with van der Waals surface area (Å²) in [6.07, 6.45) is 5.53. The average Bonchev–Trinajstić information content (AvgIpc) is 2.89. The summed E-state index contributed by atoms with van der Waals surface area (Å²) in [4.78, 5) is 29.3. The highest BCUT2D eigenvalue weighted by Crippen LogP contribution is 2.38. The number of benzene rings is 2. The largest absolute Gasteiger partial charge is 0.351 e. The molecule has 39 heavy (non-hydrogen) atoms. The van der Waals surface area contributed by atoms with Gasteiger partial charge in [0.25, 0.3) is 0 Å². The van der Waals surface area contributed by atoms with Gasteiger partial charge in [0.2, 0.25) is 22.7 Å². The fraction of sp³-hybridized carbons (Fsp3) is 0.481. The van der Waals surface area contributed by atoms with Gasteiger partial charge in [-0.25, -0.2) is 18.2 Å². The third-order valence-electron chi connectivity index (χ3n) is 7.29. The van der Waals surface area contributed by atoms with Gasteiger partial charge in [0, 0.05) is 46.7 Å². The molecule has 0 saturated heterocycles. The molecule has 2 aliphatic carbocycles. The van der Waals surface area contributed by atoms with E-state index in [0.29, 0.717) is 23.4 Å². The molecule has 1 unspecified atom stereocenters. The molecular weight excluding hydrogens is 566 g/mol. The summed E-state index contributed by atoms with van der Waals surface area (Å²) in [6.45, 7) is 0.0979. The number of anilines is 1.